The van der Waals surface area contributed by atoms with E-state index in [1.165, 1.54) is 0 Å². The lowest BCUT2D eigenvalue weighted by Crippen LogP contribution is -2.41. The molecule has 0 atom stereocenters. The summed E-state index contributed by atoms with van der Waals surface area (Å²) in [7, 11) is 0. The van der Waals surface area contributed by atoms with E-state index >= 15 is 0 Å². The molecule has 120 valence electrons. The van der Waals surface area contributed by atoms with E-state index in [9.17, 15) is 4.79 Å². The van der Waals surface area contributed by atoms with Crippen LogP contribution < -0.4 is 10.2 Å². The Morgan fingerprint density at radius 2 is 1.92 bits per heavy atom. The van der Waals surface area contributed by atoms with Gasteiger partial charge in [-0.3, -0.25) is 4.79 Å². The van der Waals surface area contributed by atoms with Crippen LogP contribution in [0, 0.1) is 0 Å². The van der Waals surface area contributed by atoms with Gasteiger partial charge in [-0.25, -0.2) is 9.97 Å². The highest BCUT2D eigenvalue weighted by Gasteiger charge is 2.19. The zero-order chi connectivity index (χ0) is 16.4. The number of para-hydroxylation sites is 1. The predicted molar refractivity (Wildman–Crippen MR) is 92.4 cm³/mol. The zero-order valence-corrected chi connectivity index (χ0v) is 13.0. The van der Waals surface area contributed by atoms with Crippen LogP contribution in [-0.2, 0) is 9.53 Å². The number of fused-ring (bicyclic) bond motifs is 1. The first kappa shape index (κ1) is 14.6. The van der Waals surface area contributed by atoms with Crippen molar-refractivity contribution in [2.45, 2.75) is 0 Å². The van der Waals surface area contributed by atoms with E-state index in [1.54, 1.807) is 11.1 Å². The SMILES string of the molecule is O=C1COCCN1c1ccc(Nc2ncc3ccccc3n2)cc1. The van der Waals surface area contributed by atoms with Gasteiger partial charge in [0, 0.05) is 29.5 Å². The third kappa shape index (κ3) is 2.91. The number of ether oxygens (including phenoxy) is 1. The average Bonchev–Trinajstić information content (AvgIpc) is 2.63. The summed E-state index contributed by atoms with van der Waals surface area (Å²) >= 11 is 0. The highest BCUT2D eigenvalue weighted by atomic mass is 16.5. The number of carbonyl (C=O) groups excluding carboxylic acids is 1. The molecule has 0 unspecified atom stereocenters. The van der Waals surface area contributed by atoms with Crippen molar-refractivity contribution in [3.63, 3.8) is 0 Å². The van der Waals surface area contributed by atoms with Crippen LogP contribution in [0.25, 0.3) is 10.9 Å². The van der Waals surface area contributed by atoms with Gasteiger partial charge in [0.1, 0.15) is 6.61 Å². The summed E-state index contributed by atoms with van der Waals surface area (Å²) in [6, 6.07) is 15.5. The molecule has 6 heteroatoms. The van der Waals surface area contributed by atoms with E-state index in [1.807, 2.05) is 48.5 Å². The number of aromatic nitrogens is 2. The number of anilines is 3. The Kier molecular flexibility index (Phi) is 3.80. The minimum atomic E-state index is -0.0141. The molecule has 4 rings (SSSR count). The molecule has 0 aliphatic carbocycles. The van der Waals surface area contributed by atoms with E-state index < -0.39 is 0 Å². The van der Waals surface area contributed by atoms with Gasteiger partial charge in [0.05, 0.1) is 12.1 Å². The van der Waals surface area contributed by atoms with E-state index in [-0.39, 0.29) is 12.5 Å². The number of carbonyl (C=O) groups is 1. The Morgan fingerprint density at radius 1 is 1.08 bits per heavy atom. The molecule has 1 saturated heterocycles. The second-order valence-electron chi connectivity index (χ2n) is 5.52. The van der Waals surface area contributed by atoms with Gasteiger partial charge in [-0.05, 0) is 30.3 Å². The zero-order valence-electron chi connectivity index (χ0n) is 13.0. The fourth-order valence-electron chi connectivity index (χ4n) is 2.68. The van der Waals surface area contributed by atoms with Crippen LogP contribution in [0.3, 0.4) is 0 Å². The summed E-state index contributed by atoms with van der Waals surface area (Å²) in [5.74, 6) is 0.531. The third-order valence-corrected chi connectivity index (χ3v) is 3.91. The van der Waals surface area contributed by atoms with Crippen LogP contribution in [0.2, 0.25) is 0 Å². The third-order valence-electron chi connectivity index (χ3n) is 3.91. The minimum absolute atomic E-state index is 0.0141. The lowest BCUT2D eigenvalue weighted by atomic mass is 10.2. The van der Waals surface area contributed by atoms with Crippen LogP contribution >= 0.6 is 0 Å². The van der Waals surface area contributed by atoms with Gasteiger partial charge < -0.3 is 15.0 Å². The van der Waals surface area contributed by atoms with Gasteiger partial charge in [0.2, 0.25) is 5.95 Å². The first-order valence-electron chi connectivity index (χ1n) is 7.76. The largest absolute Gasteiger partial charge is 0.370 e. The van der Waals surface area contributed by atoms with Gasteiger partial charge in [-0.1, -0.05) is 18.2 Å². The van der Waals surface area contributed by atoms with Gasteiger partial charge in [0.25, 0.3) is 5.91 Å². The quantitative estimate of drug-likeness (QED) is 0.804. The molecule has 0 bridgehead atoms. The Labute approximate surface area is 139 Å². The molecule has 24 heavy (non-hydrogen) atoms. The maximum atomic E-state index is 11.9. The lowest BCUT2D eigenvalue weighted by Gasteiger charge is -2.26. The number of nitrogens with one attached hydrogen (secondary N) is 1. The summed E-state index contributed by atoms with van der Waals surface area (Å²) in [4.78, 5) is 22.4. The summed E-state index contributed by atoms with van der Waals surface area (Å²) in [5.41, 5.74) is 2.63. The molecule has 1 amide bonds. The predicted octanol–water partition coefficient (Wildman–Crippen LogP) is 2.74. The van der Waals surface area contributed by atoms with Crippen molar-refractivity contribution in [3.05, 3.63) is 54.7 Å². The molecule has 1 fully saturated rings. The Bertz CT molecular complexity index is 880. The average molecular weight is 320 g/mol. The second kappa shape index (κ2) is 6.25. The Hall–Kier alpha value is -2.99. The van der Waals surface area contributed by atoms with Crippen molar-refractivity contribution < 1.29 is 9.53 Å². The minimum Gasteiger partial charge on any atom is -0.370 e. The van der Waals surface area contributed by atoms with Crippen LogP contribution in [0.5, 0.6) is 0 Å². The molecular weight excluding hydrogens is 304 g/mol. The Balaban J connectivity index is 1.53. The molecule has 1 N–H and O–H groups in total. The summed E-state index contributed by atoms with van der Waals surface area (Å²) in [6.45, 7) is 1.29. The molecule has 2 aromatic carbocycles. The number of hydrogen-bond donors (Lipinski definition) is 1. The molecule has 0 spiro atoms. The number of rotatable bonds is 3. The standard InChI is InChI=1S/C18H16N4O2/c23-17-12-24-10-9-22(17)15-7-5-14(6-8-15)20-18-19-11-13-3-1-2-4-16(13)21-18/h1-8,11H,9-10,12H2,(H,19,20,21). The van der Waals surface area contributed by atoms with Crippen molar-refractivity contribution in [3.8, 4) is 0 Å². The summed E-state index contributed by atoms with van der Waals surface area (Å²) in [5, 5.41) is 4.19. The van der Waals surface area contributed by atoms with Crippen molar-refractivity contribution in [1.29, 1.82) is 0 Å². The number of nitrogens with zero attached hydrogens (tertiary/aromatic N) is 3. The lowest BCUT2D eigenvalue weighted by molar-refractivity contribution is -0.125. The van der Waals surface area contributed by atoms with Crippen LogP contribution in [0.15, 0.2) is 54.7 Å². The first-order valence-corrected chi connectivity index (χ1v) is 7.76. The molecule has 0 saturated carbocycles. The van der Waals surface area contributed by atoms with E-state index in [0.717, 1.165) is 22.3 Å². The monoisotopic (exact) mass is 320 g/mol. The summed E-state index contributed by atoms with van der Waals surface area (Å²) in [6.07, 6.45) is 1.80. The number of hydrogen-bond acceptors (Lipinski definition) is 5. The Morgan fingerprint density at radius 3 is 2.75 bits per heavy atom. The van der Waals surface area contributed by atoms with Crippen LogP contribution in [0.1, 0.15) is 0 Å². The fraction of sp³-hybridized carbons (Fsp3) is 0.167. The molecule has 1 aliphatic heterocycles. The van der Waals surface area contributed by atoms with Gasteiger partial charge in [0.15, 0.2) is 0 Å². The normalized spacial score (nSPS) is 14.8. The number of benzene rings is 2. The highest BCUT2D eigenvalue weighted by Crippen LogP contribution is 2.21. The van der Waals surface area contributed by atoms with Gasteiger partial charge in [-0.15, -0.1) is 0 Å². The molecule has 1 aliphatic rings. The van der Waals surface area contributed by atoms with E-state index in [0.29, 0.717) is 19.1 Å². The van der Waals surface area contributed by atoms with Crippen molar-refractivity contribution in [1.82, 2.24) is 9.97 Å². The number of morpholine rings is 1. The maximum Gasteiger partial charge on any atom is 0.253 e. The second-order valence-corrected chi connectivity index (χ2v) is 5.52. The molecule has 0 radical (unpaired) electrons. The van der Waals surface area contributed by atoms with E-state index in [2.05, 4.69) is 15.3 Å². The van der Waals surface area contributed by atoms with Crippen LogP contribution in [0.4, 0.5) is 17.3 Å². The smallest absolute Gasteiger partial charge is 0.253 e. The summed E-state index contributed by atoms with van der Waals surface area (Å²) < 4.78 is 5.15. The number of amides is 1. The van der Waals surface area contributed by atoms with Crippen LogP contribution in [-0.4, -0.2) is 35.6 Å². The van der Waals surface area contributed by atoms with Gasteiger partial charge >= 0.3 is 0 Å². The van der Waals surface area contributed by atoms with Crippen molar-refractivity contribution >= 4 is 34.1 Å². The molecule has 3 aromatic rings. The highest BCUT2D eigenvalue weighted by molar-refractivity contribution is 5.95. The topological polar surface area (TPSA) is 67.3 Å². The molecule has 2 heterocycles. The van der Waals surface area contributed by atoms with Crippen molar-refractivity contribution in [2.24, 2.45) is 0 Å². The van der Waals surface area contributed by atoms with Crippen molar-refractivity contribution in [2.75, 3.05) is 30.0 Å². The van der Waals surface area contributed by atoms with E-state index in [4.69, 9.17) is 4.74 Å². The fourth-order valence-corrected chi connectivity index (χ4v) is 2.68. The molecule has 1 aromatic heterocycles. The first-order chi connectivity index (χ1) is 11.8. The maximum absolute atomic E-state index is 11.9. The molecular formula is C18H16N4O2. The van der Waals surface area contributed by atoms with Gasteiger partial charge in [-0.2, -0.15) is 0 Å². The molecule has 6 nitrogen and oxygen atoms in total.